The largest absolute Gasteiger partial charge is 0.397 e. The average molecular weight is 531 g/mol. The van der Waals surface area contributed by atoms with Gasteiger partial charge in [-0.3, -0.25) is 14.6 Å². The van der Waals surface area contributed by atoms with Gasteiger partial charge in [0.1, 0.15) is 11.4 Å². The molecule has 4 aromatic rings. The number of amides is 2. The van der Waals surface area contributed by atoms with Crippen molar-refractivity contribution >= 4 is 40.4 Å². The number of likely N-dealkylation sites (N-methyl/N-ethyl adjacent to an activating group) is 1. The number of anilines is 4. The molecule has 2 amide bonds. The maximum Gasteiger partial charge on any atom is 0.257 e. The second-order valence-electron chi connectivity index (χ2n) is 10.2. The number of nitrogens with one attached hydrogen (secondary N) is 1. The molecule has 0 saturated carbocycles. The van der Waals surface area contributed by atoms with E-state index in [9.17, 15) is 9.59 Å². The highest BCUT2D eigenvalue weighted by atomic mass is 16.2. The third kappa shape index (κ3) is 4.58. The maximum absolute atomic E-state index is 13.9. The van der Waals surface area contributed by atoms with Crippen LogP contribution in [0.15, 0.2) is 102 Å². The lowest BCUT2D eigenvalue weighted by Gasteiger charge is -2.39. The standard InChI is InChI=1S/C32H30N6O2/c1-37-27-14-8-5-11-24(27)29(22-9-3-2-4-10-22)36-32(31(37)40)17-19-38(20-18-32)28-16-15-23(21-34-28)30(39)35-26-13-7-6-12-25(26)33/h2-16,21H,17-20,33H2,1H3,(H,35,39). The number of aromatic nitrogens is 1. The van der Waals surface area contributed by atoms with Gasteiger partial charge in [-0.15, -0.1) is 0 Å². The van der Waals surface area contributed by atoms with E-state index >= 15 is 0 Å². The molecule has 200 valence electrons. The van der Waals surface area contributed by atoms with Crippen molar-refractivity contribution in [1.82, 2.24) is 4.98 Å². The first-order valence-corrected chi connectivity index (χ1v) is 13.3. The summed E-state index contributed by atoms with van der Waals surface area (Å²) in [6, 6.07) is 28.8. The number of carbonyl (C=O) groups excluding carboxylic acids is 2. The summed E-state index contributed by atoms with van der Waals surface area (Å²) < 4.78 is 0. The van der Waals surface area contributed by atoms with Crippen LogP contribution in [0.2, 0.25) is 0 Å². The van der Waals surface area contributed by atoms with Crippen LogP contribution in [0.1, 0.15) is 34.3 Å². The highest BCUT2D eigenvalue weighted by molar-refractivity contribution is 6.20. The smallest absolute Gasteiger partial charge is 0.257 e. The molecule has 0 atom stereocenters. The number of carbonyl (C=O) groups is 2. The van der Waals surface area contributed by atoms with Crippen molar-refractivity contribution in [3.8, 4) is 0 Å². The van der Waals surface area contributed by atoms with Crippen molar-refractivity contribution in [3.05, 3.63) is 114 Å². The molecule has 3 N–H and O–H groups in total. The molecule has 0 radical (unpaired) electrons. The summed E-state index contributed by atoms with van der Waals surface area (Å²) in [5.41, 5.74) is 10.2. The Balaban J connectivity index is 1.23. The zero-order valence-corrected chi connectivity index (χ0v) is 22.2. The van der Waals surface area contributed by atoms with Gasteiger partial charge in [-0.25, -0.2) is 4.98 Å². The van der Waals surface area contributed by atoms with E-state index in [0.717, 1.165) is 28.3 Å². The number of hydrogen-bond donors (Lipinski definition) is 2. The van der Waals surface area contributed by atoms with E-state index in [-0.39, 0.29) is 11.8 Å². The Morgan fingerprint density at radius 3 is 2.33 bits per heavy atom. The molecule has 1 aromatic heterocycles. The van der Waals surface area contributed by atoms with Gasteiger partial charge in [0.15, 0.2) is 0 Å². The second kappa shape index (κ2) is 10.3. The molecule has 0 unspecified atom stereocenters. The van der Waals surface area contributed by atoms with Gasteiger partial charge >= 0.3 is 0 Å². The van der Waals surface area contributed by atoms with Crippen LogP contribution in [0.25, 0.3) is 0 Å². The lowest BCUT2D eigenvalue weighted by molar-refractivity contribution is -0.123. The van der Waals surface area contributed by atoms with E-state index in [1.165, 1.54) is 0 Å². The summed E-state index contributed by atoms with van der Waals surface area (Å²) in [6.07, 6.45) is 2.68. The van der Waals surface area contributed by atoms with E-state index in [1.54, 1.807) is 29.3 Å². The Morgan fingerprint density at radius 1 is 0.900 bits per heavy atom. The molecular weight excluding hydrogens is 500 g/mol. The summed E-state index contributed by atoms with van der Waals surface area (Å²) in [6.45, 7) is 1.22. The Kier molecular flexibility index (Phi) is 6.51. The third-order valence-electron chi connectivity index (χ3n) is 7.73. The first-order chi connectivity index (χ1) is 19.4. The van der Waals surface area contributed by atoms with E-state index in [2.05, 4.69) is 15.2 Å². The van der Waals surface area contributed by atoms with Crippen LogP contribution < -0.4 is 20.9 Å². The van der Waals surface area contributed by atoms with E-state index in [1.807, 2.05) is 79.8 Å². The van der Waals surface area contributed by atoms with Crippen molar-refractivity contribution in [1.29, 1.82) is 0 Å². The quantitative estimate of drug-likeness (QED) is 0.370. The van der Waals surface area contributed by atoms with E-state index < -0.39 is 5.54 Å². The number of aliphatic imine (C=N–C) groups is 1. The fourth-order valence-electron chi connectivity index (χ4n) is 5.47. The minimum Gasteiger partial charge on any atom is -0.397 e. The number of piperidine rings is 1. The SMILES string of the molecule is CN1C(=O)C2(CCN(c3ccc(C(=O)Nc4ccccc4N)cn3)CC2)N=C(c2ccccc2)c2ccccc21. The molecule has 3 heterocycles. The molecule has 0 aliphatic carbocycles. The molecule has 0 bridgehead atoms. The first kappa shape index (κ1) is 25.3. The molecule has 2 aliphatic rings. The van der Waals surface area contributed by atoms with Gasteiger partial charge in [-0.2, -0.15) is 0 Å². The molecule has 8 nitrogen and oxygen atoms in total. The number of pyridine rings is 1. The molecular formula is C32H30N6O2. The van der Waals surface area contributed by atoms with Crippen LogP contribution in [0, 0.1) is 0 Å². The molecule has 8 heteroatoms. The molecule has 3 aromatic carbocycles. The van der Waals surface area contributed by atoms with Crippen molar-refractivity contribution < 1.29 is 9.59 Å². The normalized spacial score (nSPS) is 16.2. The van der Waals surface area contributed by atoms with Crippen LogP contribution >= 0.6 is 0 Å². The van der Waals surface area contributed by atoms with Crippen LogP contribution in [0.5, 0.6) is 0 Å². The fraction of sp³-hybridized carbons (Fsp3) is 0.188. The van der Waals surface area contributed by atoms with Crippen LogP contribution in [0.3, 0.4) is 0 Å². The van der Waals surface area contributed by atoms with Crippen molar-refractivity contribution in [2.45, 2.75) is 18.4 Å². The van der Waals surface area contributed by atoms with Crippen LogP contribution in [-0.2, 0) is 4.79 Å². The number of para-hydroxylation sites is 3. The van der Waals surface area contributed by atoms with E-state index in [4.69, 9.17) is 10.7 Å². The van der Waals surface area contributed by atoms with Gasteiger partial charge in [-0.05, 0) is 43.2 Å². The Bertz CT molecular complexity index is 1590. The minimum atomic E-state index is -0.870. The maximum atomic E-state index is 13.9. The number of fused-ring (bicyclic) bond motifs is 1. The summed E-state index contributed by atoms with van der Waals surface area (Å²) in [4.78, 5) is 40.4. The molecule has 1 saturated heterocycles. The summed E-state index contributed by atoms with van der Waals surface area (Å²) in [7, 11) is 1.84. The Labute approximate surface area is 233 Å². The zero-order valence-electron chi connectivity index (χ0n) is 22.2. The number of nitrogen functional groups attached to an aromatic ring is 1. The lowest BCUT2D eigenvalue weighted by Crippen LogP contribution is -2.53. The van der Waals surface area contributed by atoms with Gasteiger partial charge in [0, 0.05) is 37.5 Å². The second-order valence-corrected chi connectivity index (χ2v) is 10.2. The average Bonchev–Trinajstić information content (AvgIpc) is 3.09. The van der Waals surface area contributed by atoms with Gasteiger partial charge in [0.25, 0.3) is 11.8 Å². The number of benzene rings is 3. The number of hydrogen-bond acceptors (Lipinski definition) is 6. The van der Waals surface area contributed by atoms with Gasteiger partial charge in [-0.1, -0.05) is 60.7 Å². The molecule has 40 heavy (non-hydrogen) atoms. The van der Waals surface area contributed by atoms with Gasteiger partial charge < -0.3 is 20.9 Å². The minimum absolute atomic E-state index is 0.00527. The zero-order chi connectivity index (χ0) is 27.7. The summed E-state index contributed by atoms with van der Waals surface area (Å²) >= 11 is 0. The highest BCUT2D eigenvalue weighted by Crippen LogP contribution is 2.37. The Morgan fingerprint density at radius 2 is 1.60 bits per heavy atom. The molecule has 1 spiro atoms. The van der Waals surface area contributed by atoms with Crippen molar-refractivity contribution in [2.75, 3.05) is 41.0 Å². The monoisotopic (exact) mass is 530 g/mol. The van der Waals surface area contributed by atoms with Gasteiger partial charge in [0.2, 0.25) is 0 Å². The summed E-state index contributed by atoms with van der Waals surface area (Å²) in [5, 5.41) is 2.83. The lowest BCUT2D eigenvalue weighted by atomic mass is 9.86. The van der Waals surface area contributed by atoms with Crippen LogP contribution in [0.4, 0.5) is 22.9 Å². The van der Waals surface area contributed by atoms with Gasteiger partial charge in [0.05, 0.1) is 28.3 Å². The first-order valence-electron chi connectivity index (χ1n) is 13.3. The van der Waals surface area contributed by atoms with Crippen molar-refractivity contribution in [2.24, 2.45) is 4.99 Å². The molecule has 1 fully saturated rings. The highest BCUT2D eigenvalue weighted by Gasteiger charge is 2.46. The number of nitrogens with two attached hydrogens (primary N) is 1. The Hall–Kier alpha value is -4.98. The predicted octanol–water partition coefficient (Wildman–Crippen LogP) is 4.77. The molecule has 6 rings (SSSR count). The topological polar surface area (TPSA) is 104 Å². The molecule has 2 aliphatic heterocycles. The number of rotatable bonds is 4. The van der Waals surface area contributed by atoms with E-state index in [0.29, 0.717) is 42.9 Å². The third-order valence-corrected chi connectivity index (χ3v) is 7.73. The number of nitrogens with zero attached hydrogens (tertiary/aromatic N) is 4. The van der Waals surface area contributed by atoms with Crippen molar-refractivity contribution in [3.63, 3.8) is 0 Å². The fourth-order valence-corrected chi connectivity index (χ4v) is 5.47. The summed E-state index contributed by atoms with van der Waals surface area (Å²) in [5.74, 6) is 0.491. The van der Waals surface area contributed by atoms with Crippen LogP contribution in [-0.4, -0.2) is 48.2 Å². The predicted molar refractivity (Wildman–Crippen MR) is 159 cm³/mol.